The lowest BCUT2D eigenvalue weighted by molar-refractivity contribution is -0.00384. The van der Waals surface area contributed by atoms with Crippen LogP contribution in [0.5, 0.6) is 0 Å². The van der Waals surface area contributed by atoms with Crippen LogP contribution in [0.15, 0.2) is 12.4 Å². The first-order valence-electron chi connectivity index (χ1n) is 3.20. The summed E-state index contributed by atoms with van der Waals surface area (Å²) in [5.41, 5.74) is 0. The first kappa shape index (κ1) is 14.5. The van der Waals surface area contributed by atoms with E-state index in [1.807, 2.05) is 11.8 Å². The molecule has 0 aromatic rings. The van der Waals surface area contributed by atoms with Crippen molar-refractivity contribution in [3.63, 3.8) is 0 Å². The molecule has 0 atom stereocenters. The third-order valence-electron chi connectivity index (χ3n) is 1.47. The van der Waals surface area contributed by atoms with Crippen molar-refractivity contribution in [2.45, 2.75) is 13.5 Å². The van der Waals surface area contributed by atoms with E-state index < -0.39 is 6.55 Å². The van der Waals surface area contributed by atoms with E-state index in [0.717, 1.165) is 11.4 Å². The van der Waals surface area contributed by atoms with Crippen molar-refractivity contribution in [1.29, 1.82) is 0 Å². The molecule has 2 nitrogen and oxygen atoms in total. The topological polar surface area (TPSA) is 6.48 Å². The van der Waals surface area contributed by atoms with Crippen molar-refractivity contribution in [3.8, 4) is 0 Å². The minimum atomic E-state index is -2.37. The average molecular weight is 266 g/mol. The summed E-state index contributed by atoms with van der Waals surface area (Å²) in [6.07, 6.45) is 3.08. The number of rotatable bonds is 2. The highest BCUT2D eigenvalue weighted by Gasteiger charge is 2.17. The third kappa shape index (κ3) is 3.58. The fraction of sp³-hybridized carbons (Fsp3) is 0.667. The number of alkyl halides is 2. The molecule has 0 bridgehead atoms. The Morgan fingerprint density at radius 3 is 2.25 bits per heavy atom. The third-order valence-corrected chi connectivity index (χ3v) is 1.47. The van der Waals surface area contributed by atoms with Gasteiger partial charge in [-0.2, -0.15) is 8.78 Å². The van der Waals surface area contributed by atoms with Gasteiger partial charge in [0.05, 0.1) is 6.67 Å². The fourth-order valence-corrected chi connectivity index (χ4v) is 0.816. The minimum Gasteiger partial charge on any atom is -0.359 e. The number of nitrogens with zero attached hydrogens (tertiary/aromatic N) is 2. The highest BCUT2D eigenvalue weighted by molar-refractivity contribution is 8.93. The van der Waals surface area contributed by atoms with Gasteiger partial charge < -0.3 is 9.80 Å². The first-order chi connectivity index (χ1) is 4.74. The van der Waals surface area contributed by atoms with Crippen molar-refractivity contribution in [2.75, 3.05) is 13.2 Å². The predicted octanol–water partition coefficient (Wildman–Crippen LogP) is 2.27. The van der Waals surface area contributed by atoms with Gasteiger partial charge in [-0.25, -0.2) is 0 Å². The highest BCUT2D eigenvalue weighted by atomic mass is 79.9. The van der Waals surface area contributed by atoms with Crippen molar-refractivity contribution < 1.29 is 8.78 Å². The lowest BCUT2D eigenvalue weighted by Gasteiger charge is -2.18. The van der Waals surface area contributed by atoms with E-state index in [9.17, 15) is 8.78 Å². The molecule has 0 aliphatic carbocycles. The molecular weight excluding hydrogens is 253 g/mol. The van der Waals surface area contributed by atoms with Crippen LogP contribution in [0.4, 0.5) is 8.78 Å². The van der Waals surface area contributed by atoms with E-state index in [0.29, 0.717) is 6.67 Å². The van der Waals surface area contributed by atoms with Gasteiger partial charge in [0.1, 0.15) is 0 Å². The number of halogens is 4. The van der Waals surface area contributed by atoms with Crippen LogP contribution in [0.25, 0.3) is 0 Å². The molecule has 0 radical (unpaired) electrons. The minimum absolute atomic E-state index is 0. The molecule has 0 amide bonds. The van der Waals surface area contributed by atoms with E-state index in [-0.39, 0.29) is 29.4 Å². The Bertz CT molecular complexity index is 146. The Balaban J connectivity index is 0. The van der Waals surface area contributed by atoms with E-state index >= 15 is 0 Å². The van der Waals surface area contributed by atoms with Gasteiger partial charge in [0.15, 0.2) is 0 Å². The molecule has 74 valence electrons. The Labute approximate surface area is 87.4 Å². The Morgan fingerprint density at radius 2 is 2.00 bits per heavy atom. The smallest absolute Gasteiger partial charge is 0.316 e. The van der Waals surface area contributed by atoms with Gasteiger partial charge in [0.2, 0.25) is 0 Å². The first-order valence-corrected chi connectivity index (χ1v) is 3.20. The lowest BCUT2D eigenvalue weighted by Crippen LogP contribution is -2.28. The van der Waals surface area contributed by atoms with Crippen LogP contribution in [0.3, 0.4) is 0 Å². The maximum absolute atomic E-state index is 11.9. The van der Waals surface area contributed by atoms with Crippen LogP contribution in [0, 0.1) is 0 Å². The highest BCUT2D eigenvalue weighted by Crippen LogP contribution is 2.11. The Kier molecular flexibility index (Phi) is 7.83. The molecule has 0 saturated heterocycles. The number of hydrogen-bond acceptors (Lipinski definition) is 2. The van der Waals surface area contributed by atoms with Crippen LogP contribution < -0.4 is 0 Å². The summed E-state index contributed by atoms with van der Waals surface area (Å²) < 4.78 is 23.8. The molecule has 0 fully saturated rings. The predicted molar refractivity (Wildman–Crippen MR) is 51.8 cm³/mol. The largest absolute Gasteiger partial charge is 0.359 e. The van der Waals surface area contributed by atoms with Crippen LogP contribution in [-0.4, -0.2) is 29.6 Å². The van der Waals surface area contributed by atoms with Gasteiger partial charge in [-0.3, -0.25) is 0 Å². The molecule has 1 aliphatic heterocycles. The molecule has 0 aromatic heterocycles. The Morgan fingerprint density at radius 1 is 1.42 bits per heavy atom. The fourth-order valence-electron chi connectivity index (χ4n) is 0.816. The molecular formula is C6H12BrClF2N2. The van der Waals surface area contributed by atoms with Crippen LogP contribution in [0.2, 0.25) is 0 Å². The maximum Gasteiger partial charge on any atom is 0.316 e. The molecule has 0 unspecified atom stereocenters. The summed E-state index contributed by atoms with van der Waals surface area (Å²) in [5, 5.41) is 0. The molecule has 0 N–H and O–H groups in total. The van der Waals surface area contributed by atoms with Gasteiger partial charge in [0, 0.05) is 18.9 Å². The lowest BCUT2D eigenvalue weighted by atomic mass is 10.6. The van der Waals surface area contributed by atoms with Gasteiger partial charge in [-0.1, -0.05) is 0 Å². The van der Waals surface area contributed by atoms with Gasteiger partial charge in [0.25, 0.3) is 0 Å². The summed E-state index contributed by atoms with van der Waals surface area (Å²) in [6, 6.07) is 0. The van der Waals surface area contributed by atoms with E-state index in [1.165, 1.54) is 6.20 Å². The molecule has 12 heavy (non-hydrogen) atoms. The zero-order chi connectivity index (χ0) is 7.56. The number of hydrogen-bond donors (Lipinski definition) is 0. The monoisotopic (exact) mass is 264 g/mol. The summed E-state index contributed by atoms with van der Waals surface area (Å²) in [5.74, 6) is 0. The van der Waals surface area contributed by atoms with Gasteiger partial charge >= 0.3 is 6.55 Å². The van der Waals surface area contributed by atoms with Crippen molar-refractivity contribution in [2.24, 2.45) is 0 Å². The van der Waals surface area contributed by atoms with E-state index in [4.69, 9.17) is 0 Å². The summed E-state index contributed by atoms with van der Waals surface area (Å²) in [4.78, 5) is 2.80. The molecule has 0 saturated carbocycles. The van der Waals surface area contributed by atoms with Crippen LogP contribution >= 0.6 is 29.4 Å². The summed E-state index contributed by atoms with van der Waals surface area (Å²) in [7, 11) is 0. The second-order valence-electron chi connectivity index (χ2n) is 2.14. The second kappa shape index (κ2) is 6.48. The molecule has 1 rings (SSSR count). The van der Waals surface area contributed by atoms with Crippen molar-refractivity contribution >= 4 is 29.4 Å². The standard InChI is InChI=1S/C6H10F2N2.BrH.ClH/c1-2-9-3-4-10(5-9)6(7)8;;/h3-4,6H,2,5H2,1H3;2*1H. The zero-order valence-corrected chi connectivity index (χ0v) is 9.14. The van der Waals surface area contributed by atoms with Crippen molar-refractivity contribution in [3.05, 3.63) is 12.4 Å². The average Bonchev–Trinajstić information content (AvgIpc) is 2.34. The van der Waals surface area contributed by atoms with Gasteiger partial charge in [-0.15, -0.1) is 29.4 Å². The van der Waals surface area contributed by atoms with Gasteiger partial charge in [-0.05, 0) is 6.92 Å². The molecule has 6 heteroatoms. The second-order valence-corrected chi connectivity index (χ2v) is 2.14. The van der Waals surface area contributed by atoms with Crippen molar-refractivity contribution in [1.82, 2.24) is 9.80 Å². The van der Waals surface area contributed by atoms with Crippen LogP contribution in [-0.2, 0) is 0 Å². The Hall–Kier alpha value is -0.0300. The summed E-state index contributed by atoms with van der Waals surface area (Å²) >= 11 is 0. The van der Waals surface area contributed by atoms with E-state index in [1.54, 1.807) is 6.20 Å². The maximum atomic E-state index is 11.9. The molecule has 1 aliphatic rings. The zero-order valence-electron chi connectivity index (χ0n) is 6.61. The molecule has 1 heterocycles. The quantitative estimate of drug-likeness (QED) is 0.707. The van der Waals surface area contributed by atoms with E-state index in [2.05, 4.69) is 0 Å². The SMILES string of the molecule is Br.CCN1C=CN(C(F)F)C1.Cl. The molecule has 0 spiro atoms. The normalized spacial score (nSPS) is 14.7. The molecule has 0 aromatic carbocycles. The van der Waals surface area contributed by atoms with Crippen LogP contribution in [0.1, 0.15) is 6.92 Å². The summed E-state index contributed by atoms with van der Waals surface area (Å²) in [6.45, 7) is 0.653.